The van der Waals surface area contributed by atoms with Gasteiger partial charge in [-0.25, -0.2) is 4.39 Å². The van der Waals surface area contributed by atoms with Gasteiger partial charge < -0.3 is 0 Å². The van der Waals surface area contributed by atoms with Gasteiger partial charge in [-0.15, -0.1) is 21.8 Å². The summed E-state index contributed by atoms with van der Waals surface area (Å²) in [4.78, 5) is 11.0. The van der Waals surface area contributed by atoms with E-state index in [1.165, 1.54) is 12.1 Å². The maximum Gasteiger partial charge on any atom is 0.241 e. The van der Waals surface area contributed by atoms with Gasteiger partial charge in [-0.3, -0.25) is 10.1 Å². The molecule has 0 saturated heterocycles. The van der Waals surface area contributed by atoms with Crippen LogP contribution in [0.3, 0.4) is 0 Å². The molecule has 0 unspecified atom stereocenters. The lowest BCUT2D eigenvalue weighted by Crippen LogP contribution is -2.12. The third kappa shape index (κ3) is 2.95. The quantitative estimate of drug-likeness (QED) is 0.886. The van der Waals surface area contributed by atoms with E-state index in [1.807, 2.05) is 0 Å². The number of amides is 1. The highest BCUT2D eigenvalue weighted by atomic mass is 35.5. The van der Waals surface area contributed by atoms with Crippen LogP contribution in [0, 0.1) is 5.82 Å². The minimum Gasteiger partial charge on any atom is -0.299 e. The van der Waals surface area contributed by atoms with Gasteiger partial charge in [0.1, 0.15) is 11.7 Å². The van der Waals surface area contributed by atoms with E-state index in [2.05, 4.69) is 15.5 Å². The molecule has 1 heterocycles. The molecule has 0 atom stereocenters. The summed E-state index contributed by atoms with van der Waals surface area (Å²) in [6.45, 7) is 0. The summed E-state index contributed by atoms with van der Waals surface area (Å²) in [5.41, 5.74) is 0.281. The smallest absolute Gasteiger partial charge is 0.241 e. The van der Waals surface area contributed by atoms with Crippen LogP contribution < -0.4 is 5.32 Å². The second-order valence-electron chi connectivity index (χ2n) is 3.22. The minimum atomic E-state index is -0.492. The molecule has 0 saturated carbocycles. The lowest BCUT2D eigenvalue weighted by molar-refractivity contribution is -0.113. The van der Waals surface area contributed by atoms with Crippen molar-refractivity contribution in [2.75, 3.05) is 11.2 Å². The summed E-state index contributed by atoms with van der Waals surface area (Å²) in [6, 6.07) is 4.25. The summed E-state index contributed by atoms with van der Waals surface area (Å²) in [5, 5.41) is 10.9. The van der Waals surface area contributed by atoms with Crippen molar-refractivity contribution < 1.29 is 9.18 Å². The molecule has 0 radical (unpaired) electrons. The fraction of sp³-hybridized carbons (Fsp3) is 0.100. The van der Waals surface area contributed by atoms with E-state index >= 15 is 0 Å². The van der Waals surface area contributed by atoms with Gasteiger partial charge in [-0.05, 0) is 18.2 Å². The Morgan fingerprint density at radius 2 is 2.22 bits per heavy atom. The Balaban J connectivity index is 2.26. The summed E-state index contributed by atoms with van der Waals surface area (Å²) in [7, 11) is 0. The molecule has 1 amide bonds. The van der Waals surface area contributed by atoms with Crippen LogP contribution in [0.1, 0.15) is 0 Å². The standard InChI is InChI=1S/C10H6Cl2FN3OS/c11-4-8(17)14-10-16-15-9(18-10)6-2-1-5(12)3-7(6)13/h1-3H,4H2,(H,14,16,17). The molecule has 1 aromatic carbocycles. The van der Waals surface area contributed by atoms with Crippen molar-refractivity contribution in [1.82, 2.24) is 10.2 Å². The van der Waals surface area contributed by atoms with Crippen molar-refractivity contribution in [2.45, 2.75) is 0 Å². The molecule has 1 N–H and O–H groups in total. The number of carbonyl (C=O) groups is 1. The van der Waals surface area contributed by atoms with Crippen LogP contribution in [0.2, 0.25) is 5.02 Å². The Labute approximate surface area is 116 Å². The summed E-state index contributed by atoms with van der Waals surface area (Å²) in [5.74, 6) is -1.06. The maximum atomic E-state index is 13.6. The van der Waals surface area contributed by atoms with Gasteiger partial charge in [-0.2, -0.15) is 0 Å². The fourth-order valence-electron chi connectivity index (χ4n) is 1.20. The van der Waals surface area contributed by atoms with Crippen LogP contribution in [-0.4, -0.2) is 22.0 Å². The first kappa shape index (κ1) is 13.2. The number of hydrogen-bond acceptors (Lipinski definition) is 4. The topological polar surface area (TPSA) is 54.9 Å². The number of hydrogen-bond donors (Lipinski definition) is 1. The van der Waals surface area contributed by atoms with Crippen molar-refractivity contribution in [2.24, 2.45) is 0 Å². The van der Waals surface area contributed by atoms with Crippen molar-refractivity contribution in [3.8, 4) is 10.6 Å². The molecule has 1 aromatic heterocycles. The third-order valence-electron chi connectivity index (χ3n) is 1.95. The molecule has 0 bridgehead atoms. The zero-order chi connectivity index (χ0) is 13.1. The Kier molecular flexibility index (Phi) is 4.11. The normalized spacial score (nSPS) is 10.4. The van der Waals surface area contributed by atoms with Gasteiger partial charge in [0.15, 0.2) is 5.01 Å². The first-order valence-corrected chi connectivity index (χ1v) is 6.48. The molecule has 0 fully saturated rings. The number of anilines is 1. The van der Waals surface area contributed by atoms with Crippen LogP contribution in [0.25, 0.3) is 10.6 Å². The number of aromatic nitrogens is 2. The van der Waals surface area contributed by atoms with Gasteiger partial charge in [0, 0.05) is 10.6 Å². The predicted octanol–water partition coefficient (Wildman–Crippen LogP) is 3.17. The number of benzene rings is 1. The van der Waals surface area contributed by atoms with E-state index in [-0.39, 0.29) is 16.6 Å². The average Bonchev–Trinajstić information content (AvgIpc) is 2.77. The highest BCUT2D eigenvalue weighted by molar-refractivity contribution is 7.18. The average molecular weight is 306 g/mol. The first-order valence-electron chi connectivity index (χ1n) is 4.75. The van der Waals surface area contributed by atoms with Gasteiger partial charge >= 0.3 is 0 Å². The van der Waals surface area contributed by atoms with Gasteiger partial charge in [0.25, 0.3) is 0 Å². The van der Waals surface area contributed by atoms with Crippen LogP contribution in [-0.2, 0) is 4.79 Å². The van der Waals surface area contributed by atoms with Crippen molar-refractivity contribution in [1.29, 1.82) is 0 Å². The van der Waals surface area contributed by atoms with Crippen molar-refractivity contribution in [3.05, 3.63) is 29.0 Å². The molecule has 2 aromatic rings. The number of alkyl halides is 1. The highest BCUT2D eigenvalue weighted by Gasteiger charge is 2.12. The van der Waals surface area contributed by atoms with E-state index in [0.29, 0.717) is 10.0 Å². The zero-order valence-corrected chi connectivity index (χ0v) is 11.1. The summed E-state index contributed by atoms with van der Waals surface area (Å²) < 4.78 is 13.6. The second-order valence-corrected chi connectivity index (χ2v) is 4.90. The van der Waals surface area contributed by atoms with Crippen LogP contribution in [0.15, 0.2) is 18.2 Å². The van der Waals surface area contributed by atoms with Crippen LogP contribution >= 0.6 is 34.5 Å². The molecule has 2 rings (SSSR count). The van der Waals surface area contributed by atoms with Gasteiger partial charge in [0.2, 0.25) is 11.0 Å². The Morgan fingerprint density at radius 3 is 2.89 bits per heavy atom. The first-order chi connectivity index (χ1) is 8.60. The minimum absolute atomic E-state index is 0.176. The number of nitrogens with one attached hydrogen (secondary N) is 1. The van der Waals surface area contributed by atoms with E-state index in [4.69, 9.17) is 23.2 Å². The zero-order valence-electron chi connectivity index (χ0n) is 8.78. The largest absolute Gasteiger partial charge is 0.299 e. The van der Waals surface area contributed by atoms with Gasteiger partial charge in [0.05, 0.1) is 0 Å². The molecule has 94 valence electrons. The molecule has 4 nitrogen and oxygen atoms in total. The van der Waals surface area contributed by atoms with E-state index < -0.39 is 11.7 Å². The summed E-state index contributed by atoms with van der Waals surface area (Å²) >= 11 is 12.0. The number of nitrogens with zero attached hydrogens (tertiary/aromatic N) is 2. The van der Waals surface area contributed by atoms with E-state index in [1.54, 1.807) is 6.07 Å². The monoisotopic (exact) mass is 305 g/mol. The molecule has 8 heteroatoms. The van der Waals surface area contributed by atoms with Crippen LogP contribution in [0.4, 0.5) is 9.52 Å². The molecule has 0 aliphatic heterocycles. The molecule has 18 heavy (non-hydrogen) atoms. The molecular weight excluding hydrogens is 300 g/mol. The third-order valence-corrected chi connectivity index (χ3v) is 3.30. The molecular formula is C10H6Cl2FN3OS. The lowest BCUT2D eigenvalue weighted by atomic mass is 10.2. The SMILES string of the molecule is O=C(CCl)Nc1nnc(-c2ccc(Cl)cc2F)s1. The summed E-state index contributed by atoms with van der Waals surface area (Å²) in [6.07, 6.45) is 0. The highest BCUT2D eigenvalue weighted by Crippen LogP contribution is 2.29. The van der Waals surface area contributed by atoms with E-state index in [9.17, 15) is 9.18 Å². The Bertz CT molecular complexity index is 590. The van der Waals surface area contributed by atoms with Crippen molar-refractivity contribution in [3.63, 3.8) is 0 Å². The predicted molar refractivity (Wildman–Crippen MR) is 69.7 cm³/mol. The maximum absolute atomic E-state index is 13.6. The van der Waals surface area contributed by atoms with Crippen molar-refractivity contribution >= 4 is 45.6 Å². The Hall–Kier alpha value is -1.24. The van der Waals surface area contributed by atoms with Crippen LogP contribution in [0.5, 0.6) is 0 Å². The fourth-order valence-corrected chi connectivity index (χ4v) is 2.21. The second kappa shape index (κ2) is 5.60. The van der Waals surface area contributed by atoms with E-state index in [0.717, 1.165) is 11.3 Å². The molecule has 0 aliphatic carbocycles. The molecule has 0 aliphatic rings. The van der Waals surface area contributed by atoms with Gasteiger partial charge in [-0.1, -0.05) is 22.9 Å². The Morgan fingerprint density at radius 1 is 1.44 bits per heavy atom. The molecule has 0 spiro atoms. The number of rotatable bonds is 3. The lowest BCUT2D eigenvalue weighted by Gasteiger charge is -1.98. The number of halogens is 3. The number of carbonyl (C=O) groups excluding carboxylic acids is 1.